The first-order chi connectivity index (χ1) is 10.2. The molecule has 1 unspecified atom stereocenters. The second-order valence-electron chi connectivity index (χ2n) is 6.61. The molecule has 114 valence electrons. The first-order valence-electron chi connectivity index (χ1n) is 8.09. The molecule has 1 heterocycles. The van der Waals surface area contributed by atoms with E-state index >= 15 is 0 Å². The molecule has 1 aromatic carbocycles. The summed E-state index contributed by atoms with van der Waals surface area (Å²) in [6.07, 6.45) is 2.62. The Bertz CT molecular complexity index is 476. The maximum Gasteiger partial charge on any atom is 0.0991 e. The van der Waals surface area contributed by atoms with Crippen molar-refractivity contribution in [3.63, 3.8) is 0 Å². The second-order valence-corrected chi connectivity index (χ2v) is 6.61. The van der Waals surface area contributed by atoms with Crippen LogP contribution in [-0.4, -0.2) is 31.1 Å². The molecule has 3 heteroatoms. The molecule has 0 saturated carbocycles. The Kier molecular flexibility index (Phi) is 6.22. The molecule has 2 rings (SSSR count). The third kappa shape index (κ3) is 5.49. The molecule has 1 fully saturated rings. The molecule has 0 amide bonds. The van der Waals surface area contributed by atoms with E-state index in [-0.39, 0.29) is 0 Å². The third-order valence-electron chi connectivity index (χ3n) is 4.05. The fourth-order valence-corrected chi connectivity index (χ4v) is 3.04. The van der Waals surface area contributed by atoms with Gasteiger partial charge in [0.05, 0.1) is 11.6 Å². The van der Waals surface area contributed by atoms with Crippen molar-refractivity contribution in [2.45, 2.75) is 33.2 Å². The van der Waals surface area contributed by atoms with Crippen LogP contribution in [0.1, 0.15) is 37.8 Å². The molecular formula is C18H27N3. The van der Waals surface area contributed by atoms with E-state index in [1.54, 1.807) is 0 Å². The van der Waals surface area contributed by atoms with Crippen LogP contribution in [0.15, 0.2) is 24.3 Å². The topological polar surface area (TPSA) is 39.1 Å². The maximum absolute atomic E-state index is 8.98. The standard InChI is InChI=1S/C18H27N3/c1-15(2)11-20-12-18-7-4-8-21(14-18)13-17-6-3-5-16(9-17)10-19/h3,5-6,9,15,18,20H,4,7-8,11-14H2,1-2H3. The van der Waals surface area contributed by atoms with Crippen molar-refractivity contribution in [1.29, 1.82) is 5.26 Å². The van der Waals surface area contributed by atoms with E-state index in [1.165, 1.54) is 31.5 Å². The lowest BCUT2D eigenvalue weighted by atomic mass is 9.97. The van der Waals surface area contributed by atoms with Crippen LogP contribution in [0.2, 0.25) is 0 Å². The fourth-order valence-electron chi connectivity index (χ4n) is 3.04. The van der Waals surface area contributed by atoms with Gasteiger partial charge < -0.3 is 5.32 Å². The molecule has 3 nitrogen and oxygen atoms in total. The highest BCUT2D eigenvalue weighted by Gasteiger charge is 2.19. The second kappa shape index (κ2) is 8.17. The number of likely N-dealkylation sites (tertiary alicyclic amines) is 1. The minimum absolute atomic E-state index is 0.721. The van der Waals surface area contributed by atoms with Gasteiger partial charge in [0.15, 0.2) is 0 Å². The van der Waals surface area contributed by atoms with E-state index in [4.69, 9.17) is 5.26 Å². The molecule has 0 radical (unpaired) electrons. The number of nitrogens with zero attached hydrogens (tertiary/aromatic N) is 2. The van der Waals surface area contributed by atoms with Crippen LogP contribution < -0.4 is 5.32 Å². The lowest BCUT2D eigenvalue weighted by Crippen LogP contribution is -2.39. The van der Waals surface area contributed by atoms with Crippen molar-refractivity contribution in [3.05, 3.63) is 35.4 Å². The average molecular weight is 285 g/mol. The molecule has 0 aliphatic carbocycles. The Morgan fingerprint density at radius 1 is 1.43 bits per heavy atom. The van der Waals surface area contributed by atoms with Crippen LogP contribution >= 0.6 is 0 Å². The molecule has 1 aliphatic rings. The molecule has 21 heavy (non-hydrogen) atoms. The minimum Gasteiger partial charge on any atom is -0.316 e. The summed E-state index contributed by atoms with van der Waals surface area (Å²) in [6, 6.07) is 10.2. The molecule has 0 spiro atoms. The number of nitrogens with one attached hydrogen (secondary N) is 1. The summed E-state index contributed by atoms with van der Waals surface area (Å²) in [7, 11) is 0. The zero-order chi connectivity index (χ0) is 15.1. The van der Waals surface area contributed by atoms with Gasteiger partial charge in [-0.05, 0) is 62.0 Å². The monoisotopic (exact) mass is 285 g/mol. The zero-order valence-electron chi connectivity index (χ0n) is 13.3. The molecular weight excluding hydrogens is 258 g/mol. The number of hydrogen-bond acceptors (Lipinski definition) is 3. The van der Waals surface area contributed by atoms with Gasteiger partial charge in [0, 0.05) is 13.1 Å². The summed E-state index contributed by atoms with van der Waals surface area (Å²) < 4.78 is 0. The van der Waals surface area contributed by atoms with Crippen molar-refractivity contribution in [2.75, 3.05) is 26.2 Å². The SMILES string of the molecule is CC(C)CNCC1CCCN(Cc2cccc(C#N)c2)C1. The predicted molar refractivity (Wildman–Crippen MR) is 86.9 cm³/mol. The number of benzene rings is 1. The van der Waals surface area contributed by atoms with Crippen molar-refractivity contribution < 1.29 is 0 Å². The molecule has 0 aromatic heterocycles. The fraction of sp³-hybridized carbons (Fsp3) is 0.611. The lowest BCUT2D eigenvalue weighted by molar-refractivity contribution is 0.165. The van der Waals surface area contributed by atoms with Crippen molar-refractivity contribution in [3.8, 4) is 6.07 Å². The van der Waals surface area contributed by atoms with Crippen LogP contribution in [0.3, 0.4) is 0 Å². The van der Waals surface area contributed by atoms with E-state index in [9.17, 15) is 0 Å². The van der Waals surface area contributed by atoms with Crippen LogP contribution in [0.5, 0.6) is 0 Å². The van der Waals surface area contributed by atoms with Crippen LogP contribution in [0.4, 0.5) is 0 Å². The summed E-state index contributed by atoms with van der Waals surface area (Å²) in [6.45, 7) is 10.1. The first kappa shape index (κ1) is 16.0. The number of nitriles is 1. The summed E-state index contributed by atoms with van der Waals surface area (Å²) in [4.78, 5) is 2.53. The molecule has 1 saturated heterocycles. The van der Waals surface area contributed by atoms with Gasteiger partial charge in [0.1, 0.15) is 0 Å². The van der Waals surface area contributed by atoms with E-state index in [2.05, 4.69) is 36.2 Å². The third-order valence-corrected chi connectivity index (χ3v) is 4.05. The Balaban J connectivity index is 1.82. The largest absolute Gasteiger partial charge is 0.316 e. The van der Waals surface area contributed by atoms with Crippen LogP contribution in [-0.2, 0) is 6.54 Å². The van der Waals surface area contributed by atoms with Gasteiger partial charge in [-0.2, -0.15) is 5.26 Å². The van der Waals surface area contributed by atoms with Gasteiger partial charge in [-0.3, -0.25) is 4.90 Å². The minimum atomic E-state index is 0.721. The van der Waals surface area contributed by atoms with Crippen molar-refractivity contribution in [1.82, 2.24) is 10.2 Å². The number of hydrogen-bond donors (Lipinski definition) is 1. The highest BCUT2D eigenvalue weighted by molar-refractivity contribution is 5.32. The smallest absolute Gasteiger partial charge is 0.0991 e. The van der Waals surface area contributed by atoms with Crippen LogP contribution in [0.25, 0.3) is 0 Å². The van der Waals surface area contributed by atoms with Gasteiger partial charge in [-0.15, -0.1) is 0 Å². The van der Waals surface area contributed by atoms with E-state index in [0.29, 0.717) is 0 Å². The number of rotatable bonds is 6. The Hall–Kier alpha value is -1.37. The quantitative estimate of drug-likeness (QED) is 0.873. The van der Waals surface area contributed by atoms with Gasteiger partial charge in [-0.1, -0.05) is 26.0 Å². The summed E-state index contributed by atoms with van der Waals surface area (Å²) in [5.41, 5.74) is 2.02. The van der Waals surface area contributed by atoms with Gasteiger partial charge in [0.25, 0.3) is 0 Å². The molecule has 1 atom stereocenters. The maximum atomic E-state index is 8.98. The summed E-state index contributed by atoms with van der Waals surface area (Å²) in [5.74, 6) is 1.48. The number of piperidine rings is 1. The lowest BCUT2D eigenvalue weighted by Gasteiger charge is -2.33. The Morgan fingerprint density at radius 2 is 2.29 bits per heavy atom. The highest BCUT2D eigenvalue weighted by Crippen LogP contribution is 2.18. The molecule has 1 N–H and O–H groups in total. The van der Waals surface area contributed by atoms with E-state index < -0.39 is 0 Å². The van der Waals surface area contributed by atoms with Crippen molar-refractivity contribution in [2.24, 2.45) is 11.8 Å². The molecule has 1 aromatic rings. The molecule has 0 bridgehead atoms. The Labute approximate surface area is 129 Å². The van der Waals surface area contributed by atoms with E-state index in [0.717, 1.165) is 37.0 Å². The first-order valence-corrected chi connectivity index (χ1v) is 8.09. The summed E-state index contributed by atoms with van der Waals surface area (Å²) in [5, 5.41) is 12.6. The average Bonchev–Trinajstić information content (AvgIpc) is 2.47. The molecule has 1 aliphatic heterocycles. The van der Waals surface area contributed by atoms with Crippen molar-refractivity contribution >= 4 is 0 Å². The van der Waals surface area contributed by atoms with Gasteiger partial charge in [-0.25, -0.2) is 0 Å². The van der Waals surface area contributed by atoms with E-state index in [1.807, 2.05) is 18.2 Å². The van der Waals surface area contributed by atoms with Gasteiger partial charge in [0.2, 0.25) is 0 Å². The predicted octanol–water partition coefficient (Wildman–Crippen LogP) is 3.02. The van der Waals surface area contributed by atoms with Crippen LogP contribution in [0, 0.1) is 23.2 Å². The van der Waals surface area contributed by atoms with Gasteiger partial charge >= 0.3 is 0 Å². The highest BCUT2D eigenvalue weighted by atomic mass is 15.1. The summed E-state index contributed by atoms with van der Waals surface area (Å²) >= 11 is 0. The normalized spacial score (nSPS) is 19.6. The Morgan fingerprint density at radius 3 is 3.05 bits per heavy atom. The zero-order valence-corrected chi connectivity index (χ0v) is 13.3.